The van der Waals surface area contributed by atoms with E-state index in [4.69, 9.17) is 59.3 Å². The molecule has 206 valence electrons. The van der Waals surface area contributed by atoms with Gasteiger partial charge >= 0.3 is 12.6 Å². The number of hydrogen-bond donors (Lipinski definition) is 3. The Balaban J connectivity index is 1.54. The number of aromatic nitrogens is 4. The van der Waals surface area contributed by atoms with Gasteiger partial charge in [0.2, 0.25) is 0 Å². The summed E-state index contributed by atoms with van der Waals surface area (Å²) in [4.78, 5) is 24.7. The Morgan fingerprint density at radius 2 is 2.00 bits per heavy atom. The maximum absolute atomic E-state index is 12.4. The monoisotopic (exact) mass is 604 g/mol. The first-order valence-corrected chi connectivity index (χ1v) is 14.9. The van der Waals surface area contributed by atoms with Gasteiger partial charge in [-0.1, -0.05) is 41.4 Å². The molecule has 0 bridgehead atoms. The number of carbonyl (C=O) groups is 1. The third-order valence-electron chi connectivity index (χ3n) is 5.45. The first-order valence-electron chi connectivity index (χ1n) is 11.5. The van der Waals surface area contributed by atoms with Crippen LogP contribution in [0.2, 0.25) is 0 Å². The van der Waals surface area contributed by atoms with E-state index in [1.54, 1.807) is 45.0 Å². The van der Waals surface area contributed by atoms with Crippen LogP contribution in [0.3, 0.4) is 0 Å². The Morgan fingerprint density at radius 3 is 2.68 bits per heavy atom. The summed E-state index contributed by atoms with van der Waals surface area (Å²) in [7, 11) is 0. The van der Waals surface area contributed by atoms with Gasteiger partial charge in [0.1, 0.15) is 35.8 Å². The summed E-state index contributed by atoms with van der Waals surface area (Å²) in [6, 6.07) is 7.88. The molecule has 38 heavy (non-hydrogen) atoms. The SMILES string of the molecule is CC(C)OC(=O)C(C)NP(=S)(OCC1OC(n2cnc3c(N)ncnc32)C(Cl)(Cl)C1O)Oc1ccccc1. The minimum atomic E-state index is -3.39. The average Bonchev–Trinajstić information content (AvgIpc) is 3.37. The lowest BCUT2D eigenvalue weighted by molar-refractivity contribution is -0.149. The van der Waals surface area contributed by atoms with Gasteiger partial charge in [-0.25, -0.2) is 20.0 Å². The number of fused-ring (bicyclic) bond motifs is 1. The van der Waals surface area contributed by atoms with Crippen LogP contribution in [-0.2, 0) is 30.6 Å². The van der Waals surface area contributed by atoms with Gasteiger partial charge in [-0.2, -0.15) is 0 Å². The lowest BCUT2D eigenvalue weighted by Gasteiger charge is -2.28. The minimum absolute atomic E-state index is 0.164. The van der Waals surface area contributed by atoms with Crippen molar-refractivity contribution in [1.29, 1.82) is 0 Å². The zero-order valence-electron chi connectivity index (χ0n) is 20.6. The number of alkyl halides is 2. The van der Waals surface area contributed by atoms with Gasteiger partial charge in [0.25, 0.3) is 0 Å². The van der Waals surface area contributed by atoms with E-state index < -0.39 is 41.4 Å². The van der Waals surface area contributed by atoms with Crippen LogP contribution in [0.1, 0.15) is 27.0 Å². The van der Waals surface area contributed by atoms with Crippen molar-refractivity contribution in [3.05, 3.63) is 43.0 Å². The molecule has 1 saturated heterocycles. The minimum Gasteiger partial charge on any atom is -0.462 e. The fourth-order valence-corrected chi connectivity index (χ4v) is 6.67. The van der Waals surface area contributed by atoms with E-state index in [9.17, 15) is 9.90 Å². The average molecular weight is 605 g/mol. The number of nitrogens with one attached hydrogen (secondary N) is 1. The molecule has 1 fully saturated rings. The second kappa shape index (κ2) is 11.6. The molecule has 1 aliphatic heterocycles. The molecule has 0 amide bonds. The summed E-state index contributed by atoms with van der Waals surface area (Å²) >= 11 is 18.8. The van der Waals surface area contributed by atoms with Crippen LogP contribution in [0.5, 0.6) is 5.75 Å². The fourth-order valence-electron chi connectivity index (χ4n) is 3.65. The molecule has 1 aromatic carbocycles. The zero-order chi connectivity index (χ0) is 27.7. The number of esters is 1. The highest BCUT2D eigenvalue weighted by molar-refractivity contribution is 8.09. The molecule has 0 aliphatic carbocycles. The third-order valence-corrected chi connectivity index (χ3v) is 8.77. The molecule has 16 heteroatoms. The Labute approximate surface area is 234 Å². The van der Waals surface area contributed by atoms with E-state index in [-0.39, 0.29) is 18.5 Å². The molecule has 2 aromatic heterocycles. The van der Waals surface area contributed by atoms with Gasteiger partial charge in [0.05, 0.1) is 19.0 Å². The van der Waals surface area contributed by atoms with Crippen LogP contribution in [-0.4, -0.2) is 65.9 Å². The summed E-state index contributed by atoms with van der Waals surface area (Å²) in [5, 5.41) is 13.9. The van der Waals surface area contributed by atoms with Crippen molar-refractivity contribution in [2.24, 2.45) is 0 Å². The Bertz CT molecular complexity index is 1330. The second-order valence-electron chi connectivity index (χ2n) is 8.76. The van der Waals surface area contributed by atoms with Crippen molar-refractivity contribution in [1.82, 2.24) is 24.6 Å². The number of hydrogen-bond acceptors (Lipinski definition) is 11. The van der Waals surface area contributed by atoms with Crippen LogP contribution >= 0.6 is 29.8 Å². The molecule has 0 radical (unpaired) electrons. The first-order chi connectivity index (χ1) is 17.9. The largest absolute Gasteiger partial charge is 0.462 e. The number of carbonyl (C=O) groups excluding carboxylic acids is 1. The third kappa shape index (κ3) is 6.21. The van der Waals surface area contributed by atoms with Crippen molar-refractivity contribution in [2.75, 3.05) is 12.3 Å². The molecule has 4 N–H and O–H groups in total. The van der Waals surface area contributed by atoms with Crippen LogP contribution in [0.4, 0.5) is 5.82 Å². The van der Waals surface area contributed by atoms with E-state index in [2.05, 4.69) is 20.0 Å². The molecule has 0 spiro atoms. The van der Waals surface area contributed by atoms with Crippen molar-refractivity contribution in [3.8, 4) is 5.75 Å². The van der Waals surface area contributed by atoms with Gasteiger partial charge in [0.15, 0.2) is 22.0 Å². The number of nitrogen functional groups attached to an aromatic ring is 1. The van der Waals surface area contributed by atoms with Crippen molar-refractivity contribution in [3.63, 3.8) is 0 Å². The molecule has 4 rings (SSSR count). The van der Waals surface area contributed by atoms with Crippen molar-refractivity contribution in [2.45, 2.75) is 55.7 Å². The number of aliphatic hydroxyl groups is 1. The number of ether oxygens (including phenoxy) is 2. The maximum atomic E-state index is 12.4. The summed E-state index contributed by atoms with van der Waals surface area (Å²) in [5.41, 5.74) is 6.52. The standard InChI is InChI=1S/C22H27Cl2N6O6PS/c1-12(2)34-20(32)13(3)29-37(38,36-14-7-5-4-6-8-14)33-9-15-17(31)22(23,24)21(35-15)30-11-28-16-18(25)26-10-27-19(16)30/h4-8,10-13,15,17,21,31H,9H2,1-3H3,(H,29,38)(H2,25,26,27). The highest BCUT2D eigenvalue weighted by Gasteiger charge is 2.56. The molecule has 0 saturated carbocycles. The topological polar surface area (TPSA) is 156 Å². The Morgan fingerprint density at radius 1 is 1.29 bits per heavy atom. The highest BCUT2D eigenvalue weighted by atomic mass is 35.5. The lowest BCUT2D eigenvalue weighted by Crippen LogP contribution is -2.39. The number of anilines is 1. The Hall–Kier alpha value is -2.09. The summed E-state index contributed by atoms with van der Waals surface area (Å²) in [6.07, 6.45) is -1.21. The summed E-state index contributed by atoms with van der Waals surface area (Å²) in [6.45, 7) is 1.39. The number of imidazole rings is 1. The molecule has 3 heterocycles. The lowest BCUT2D eigenvalue weighted by atomic mass is 10.2. The van der Waals surface area contributed by atoms with Crippen LogP contribution in [0.25, 0.3) is 11.2 Å². The van der Waals surface area contributed by atoms with E-state index in [0.29, 0.717) is 16.9 Å². The van der Waals surface area contributed by atoms with Gasteiger partial charge in [-0.15, -0.1) is 0 Å². The molecule has 5 atom stereocenters. The number of aliphatic hydroxyl groups excluding tert-OH is 1. The van der Waals surface area contributed by atoms with Crippen molar-refractivity contribution < 1.29 is 28.4 Å². The first kappa shape index (κ1) is 28.9. The van der Waals surface area contributed by atoms with Gasteiger partial charge in [-0.3, -0.25) is 9.36 Å². The smallest absolute Gasteiger partial charge is 0.323 e. The predicted molar refractivity (Wildman–Crippen MR) is 145 cm³/mol. The van der Waals surface area contributed by atoms with E-state index >= 15 is 0 Å². The Kier molecular flexibility index (Phi) is 8.80. The van der Waals surface area contributed by atoms with E-state index in [0.717, 1.165) is 0 Å². The van der Waals surface area contributed by atoms with Crippen LogP contribution < -0.4 is 15.3 Å². The second-order valence-corrected chi connectivity index (χ2v) is 13.3. The van der Waals surface area contributed by atoms with Gasteiger partial charge < -0.3 is 29.4 Å². The van der Waals surface area contributed by atoms with Crippen LogP contribution in [0.15, 0.2) is 43.0 Å². The summed E-state index contributed by atoms with van der Waals surface area (Å²) in [5.74, 6) is 0.0575. The molecule has 1 aliphatic rings. The van der Waals surface area contributed by atoms with Crippen molar-refractivity contribution >= 4 is 64.6 Å². The zero-order valence-corrected chi connectivity index (χ0v) is 23.8. The highest BCUT2D eigenvalue weighted by Crippen LogP contribution is 2.50. The quantitative estimate of drug-likeness (QED) is 0.177. The number of halogens is 2. The molecular weight excluding hydrogens is 578 g/mol. The van der Waals surface area contributed by atoms with Gasteiger partial charge in [-0.05, 0) is 44.7 Å². The molecule has 3 aromatic rings. The molecule has 12 nitrogen and oxygen atoms in total. The fraction of sp³-hybridized carbons (Fsp3) is 0.455. The number of nitrogens with zero attached hydrogens (tertiary/aromatic N) is 4. The summed E-state index contributed by atoms with van der Waals surface area (Å²) < 4.78 is 22.9. The number of para-hydroxylation sites is 1. The van der Waals surface area contributed by atoms with Crippen LogP contribution in [0, 0.1) is 0 Å². The molecule has 5 unspecified atom stereocenters. The predicted octanol–water partition coefficient (Wildman–Crippen LogP) is 3.09. The number of benzene rings is 1. The number of rotatable bonds is 10. The van der Waals surface area contributed by atoms with Gasteiger partial charge in [0, 0.05) is 0 Å². The van der Waals surface area contributed by atoms with E-state index in [1.165, 1.54) is 17.2 Å². The molecular formula is C22H27Cl2N6O6PS. The normalized spacial score (nSPS) is 23.3. The number of nitrogens with two attached hydrogens (primary N) is 1. The van der Waals surface area contributed by atoms with E-state index in [1.807, 2.05) is 6.07 Å². The maximum Gasteiger partial charge on any atom is 0.323 e.